The summed E-state index contributed by atoms with van der Waals surface area (Å²) in [6.45, 7) is 0.765. The lowest BCUT2D eigenvalue weighted by molar-refractivity contribution is -0.149. The molecule has 0 atom stereocenters. The Hall–Kier alpha value is -3.10. The zero-order chi connectivity index (χ0) is 16.8. The number of para-hydroxylation sites is 2. The molecule has 9 nitrogen and oxygen atoms in total. The van der Waals surface area contributed by atoms with E-state index < -0.39 is 30.1 Å². The Bertz CT molecular complexity index is 791. The van der Waals surface area contributed by atoms with E-state index in [2.05, 4.69) is 10.9 Å². The van der Waals surface area contributed by atoms with E-state index in [9.17, 15) is 19.2 Å². The predicted octanol–water partition coefficient (Wildman–Crippen LogP) is -0.305. The Morgan fingerprint density at radius 2 is 1.96 bits per heavy atom. The Morgan fingerprint density at radius 3 is 2.70 bits per heavy atom. The minimum Gasteiger partial charge on any atom is -0.455 e. The third kappa shape index (κ3) is 4.43. The summed E-state index contributed by atoms with van der Waals surface area (Å²) in [4.78, 5) is 45.1. The van der Waals surface area contributed by atoms with Crippen molar-refractivity contribution in [3.63, 3.8) is 0 Å². The van der Waals surface area contributed by atoms with Gasteiger partial charge in [0.05, 0.1) is 11.9 Å². The molecule has 0 saturated heterocycles. The summed E-state index contributed by atoms with van der Waals surface area (Å²) < 4.78 is 11.1. The second-order valence-electron chi connectivity index (χ2n) is 4.63. The normalized spacial score (nSPS) is 10.3. The van der Waals surface area contributed by atoms with Crippen molar-refractivity contribution < 1.29 is 23.5 Å². The lowest BCUT2D eigenvalue weighted by Crippen LogP contribution is -2.42. The van der Waals surface area contributed by atoms with Crippen molar-refractivity contribution in [1.82, 2.24) is 15.4 Å². The van der Waals surface area contributed by atoms with Crippen LogP contribution < -0.4 is 16.6 Å². The number of amides is 2. The van der Waals surface area contributed by atoms with Crippen LogP contribution in [0.5, 0.6) is 0 Å². The van der Waals surface area contributed by atoms with Gasteiger partial charge in [-0.25, -0.2) is 4.79 Å². The highest BCUT2D eigenvalue weighted by Crippen LogP contribution is 2.12. The van der Waals surface area contributed by atoms with Gasteiger partial charge in [-0.05, 0) is 12.1 Å². The van der Waals surface area contributed by atoms with Crippen LogP contribution in [0.25, 0.3) is 11.1 Å². The van der Waals surface area contributed by atoms with Crippen molar-refractivity contribution in [1.29, 1.82) is 0 Å². The lowest BCUT2D eigenvalue weighted by Gasteiger charge is -2.06. The van der Waals surface area contributed by atoms with E-state index in [-0.39, 0.29) is 13.0 Å². The first-order chi connectivity index (χ1) is 11.0. The van der Waals surface area contributed by atoms with Gasteiger partial charge in [0.25, 0.3) is 5.91 Å². The summed E-state index contributed by atoms with van der Waals surface area (Å²) in [5, 5.41) is 0. The first-order valence-electron chi connectivity index (χ1n) is 6.77. The highest BCUT2D eigenvalue weighted by atomic mass is 16.5. The van der Waals surface area contributed by atoms with E-state index in [1.54, 1.807) is 24.3 Å². The Labute approximate surface area is 130 Å². The Kier molecular flexibility index (Phi) is 5.13. The maximum Gasteiger partial charge on any atom is 0.419 e. The molecule has 0 saturated carbocycles. The number of hydrazine groups is 1. The summed E-state index contributed by atoms with van der Waals surface area (Å²) in [7, 11) is 0. The molecule has 0 bridgehead atoms. The van der Waals surface area contributed by atoms with Crippen molar-refractivity contribution in [2.45, 2.75) is 19.9 Å². The molecular weight excluding hydrogens is 306 g/mol. The average molecular weight is 321 g/mol. The predicted molar refractivity (Wildman–Crippen MR) is 78.0 cm³/mol. The zero-order valence-electron chi connectivity index (χ0n) is 12.3. The second-order valence-corrected chi connectivity index (χ2v) is 4.63. The van der Waals surface area contributed by atoms with Gasteiger partial charge in [-0.2, -0.15) is 0 Å². The molecule has 23 heavy (non-hydrogen) atoms. The number of nitrogens with one attached hydrogen (secondary N) is 2. The van der Waals surface area contributed by atoms with E-state index in [4.69, 9.17) is 9.15 Å². The molecule has 0 spiro atoms. The first kappa shape index (κ1) is 16.3. The van der Waals surface area contributed by atoms with Gasteiger partial charge in [-0.15, -0.1) is 0 Å². The van der Waals surface area contributed by atoms with Crippen molar-refractivity contribution in [2.24, 2.45) is 0 Å². The molecule has 1 heterocycles. The molecule has 1 aromatic heterocycles. The smallest absolute Gasteiger partial charge is 0.419 e. The third-order valence-corrected chi connectivity index (χ3v) is 2.86. The van der Waals surface area contributed by atoms with Gasteiger partial charge < -0.3 is 9.15 Å². The zero-order valence-corrected chi connectivity index (χ0v) is 12.3. The third-order valence-electron chi connectivity index (χ3n) is 2.86. The summed E-state index contributed by atoms with van der Waals surface area (Å²) >= 11 is 0. The van der Waals surface area contributed by atoms with Gasteiger partial charge in [-0.1, -0.05) is 12.1 Å². The van der Waals surface area contributed by atoms with Crippen molar-refractivity contribution in [3.8, 4) is 0 Å². The SMILES string of the molecule is CC(=O)NNC(=O)COC(=O)CCn1c(=O)oc2ccccc21. The highest BCUT2D eigenvalue weighted by molar-refractivity contribution is 5.83. The second kappa shape index (κ2) is 7.25. The Morgan fingerprint density at radius 1 is 1.22 bits per heavy atom. The molecule has 2 rings (SSSR count). The Balaban J connectivity index is 1.84. The minimum atomic E-state index is -0.667. The summed E-state index contributed by atoms with van der Waals surface area (Å²) in [6.07, 6.45) is -0.100. The molecule has 1 aromatic carbocycles. The number of hydrogen-bond donors (Lipinski definition) is 2. The average Bonchev–Trinajstić information content (AvgIpc) is 2.84. The fourth-order valence-electron chi connectivity index (χ4n) is 1.84. The molecule has 0 aliphatic carbocycles. The number of esters is 1. The van der Waals surface area contributed by atoms with Crippen molar-refractivity contribution in [3.05, 3.63) is 34.8 Å². The molecule has 122 valence electrons. The van der Waals surface area contributed by atoms with Gasteiger partial charge in [-0.3, -0.25) is 29.8 Å². The van der Waals surface area contributed by atoms with E-state index in [1.165, 1.54) is 11.5 Å². The van der Waals surface area contributed by atoms with E-state index >= 15 is 0 Å². The quantitative estimate of drug-likeness (QED) is 0.576. The van der Waals surface area contributed by atoms with Crippen LogP contribution in [0.15, 0.2) is 33.5 Å². The number of oxazole rings is 1. The molecule has 2 aromatic rings. The largest absolute Gasteiger partial charge is 0.455 e. The van der Waals surface area contributed by atoms with Gasteiger partial charge in [0, 0.05) is 13.5 Å². The highest BCUT2D eigenvalue weighted by Gasteiger charge is 2.12. The monoisotopic (exact) mass is 321 g/mol. The number of nitrogens with zero attached hydrogens (tertiary/aromatic N) is 1. The minimum absolute atomic E-state index is 0.0714. The number of carbonyl (C=O) groups excluding carboxylic acids is 3. The van der Waals surface area contributed by atoms with Crippen LogP contribution >= 0.6 is 0 Å². The maximum atomic E-state index is 11.7. The van der Waals surface area contributed by atoms with Gasteiger partial charge in [0.2, 0.25) is 5.91 Å². The van der Waals surface area contributed by atoms with Crippen molar-refractivity contribution >= 4 is 28.9 Å². The van der Waals surface area contributed by atoms with Crippen molar-refractivity contribution in [2.75, 3.05) is 6.61 Å². The summed E-state index contributed by atoms with van der Waals surface area (Å²) in [5.41, 5.74) is 5.13. The van der Waals surface area contributed by atoms with Crippen LogP contribution in [-0.4, -0.2) is 29.0 Å². The van der Waals surface area contributed by atoms with Gasteiger partial charge in [0.1, 0.15) is 0 Å². The van der Waals surface area contributed by atoms with Gasteiger partial charge >= 0.3 is 11.7 Å². The number of benzene rings is 1. The molecule has 2 N–H and O–H groups in total. The fraction of sp³-hybridized carbons (Fsp3) is 0.286. The summed E-state index contributed by atoms with van der Waals surface area (Å²) in [5.74, 6) is -2.34. The molecule has 0 radical (unpaired) electrons. The molecule has 0 fully saturated rings. The lowest BCUT2D eigenvalue weighted by atomic mass is 10.3. The van der Waals surface area contributed by atoms with E-state index in [1.807, 2.05) is 0 Å². The van der Waals surface area contributed by atoms with E-state index in [0.29, 0.717) is 11.1 Å². The van der Waals surface area contributed by atoms with Gasteiger partial charge in [0.15, 0.2) is 12.2 Å². The van der Waals surface area contributed by atoms with Crippen LogP contribution in [0, 0.1) is 0 Å². The number of rotatable bonds is 5. The van der Waals surface area contributed by atoms with Crippen LogP contribution in [-0.2, 0) is 25.7 Å². The summed E-state index contributed by atoms with van der Waals surface area (Å²) in [6, 6.07) is 6.83. The molecule has 9 heteroatoms. The number of aromatic nitrogens is 1. The fourth-order valence-corrected chi connectivity index (χ4v) is 1.84. The molecular formula is C14H15N3O6. The number of aryl methyl sites for hydroxylation is 1. The number of hydrogen-bond acceptors (Lipinski definition) is 6. The topological polar surface area (TPSA) is 120 Å². The van der Waals surface area contributed by atoms with E-state index in [0.717, 1.165) is 0 Å². The first-order valence-corrected chi connectivity index (χ1v) is 6.77. The van der Waals surface area contributed by atoms with Crippen LogP contribution in [0.3, 0.4) is 0 Å². The van der Waals surface area contributed by atoms with Crippen LogP contribution in [0.4, 0.5) is 0 Å². The molecule has 0 aliphatic heterocycles. The van der Waals surface area contributed by atoms with Crippen LogP contribution in [0.1, 0.15) is 13.3 Å². The maximum absolute atomic E-state index is 11.7. The number of fused-ring (bicyclic) bond motifs is 1. The number of carbonyl (C=O) groups is 3. The molecule has 0 aliphatic rings. The molecule has 2 amide bonds. The standard InChI is InChI=1S/C14H15N3O6/c1-9(18)15-16-12(19)8-22-13(20)6-7-17-10-4-2-3-5-11(10)23-14(17)21/h2-5H,6-8H2,1H3,(H,15,18)(H,16,19). The van der Waals surface area contributed by atoms with Crippen LogP contribution in [0.2, 0.25) is 0 Å². The molecule has 0 unspecified atom stereocenters. The number of ether oxygens (including phenoxy) is 1.